The average molecular weight is 392 g/mol. The molecule has 0 aromatic carbocycles. The Morgan fingerprint density at radius 3 is 2.00 bits per heavy atom. The number of nitrogens with zero attached hydrogens (tertiary/aromatic N) is 5. The largest absolute Gasteiger partial charge is 0.340 e. The van der Waals surface area contributed by atoms with Gasteiger partial charge in [0, 0.05) is 51.2 Å². The van der Waals surface area contributed by atoms with Gasteiger partial charge in [-0.05, 0) is 58.7 Å². The summed E-state index contributed by atoms with van der Waals surface area (Å²) in [5.74, 6) is 0.676. The number of hydrogen-bond acceptors (Lipinski definition) is 5. The minimum atomic E-state index is 0.314. The zero-order valence-electron chi connectivity index (χ0n) is 17.5. The van der Waals surface area contributed by atoms with Crippen LogP contribution < -0.4 is 0 Å². The SMILES string of the molecule is CN1CCC(N2CCN(CN3CCC(N4CCCCC4=O)CC3)CC2=O)CC1. The molecule has 2 amide bonds. The normalized spacial score (nSPS) is 28.3. The Morgan fingerprint density at radius 1 is 0.714 bits per heavy atom. The van der Waals surface area contributed by atoms with Gasteiger partial charge < -0.3 is 14.7 Å². The van der Waals surface area contributed by atoms with Gasteiger partial charge in [-0.2, -0.15) is 0 Å². The van der Waals surface area contributed by atoms with Gasteiger partial charge in [0.25, 0.3) is 0 Å². The number of piperidine rings is 3. The predicted octanol–water partition coefficient (Wildman–Crippen LogP) is 0.659. The molecule has 4 rings (SSSR count). The molecule has 158 valence electrons. The van der Waals surface area contributed by atoms with Crippen molar-refractivity contribution in [1.29, 1.82) is 0 Å². The average Bonchev–Trinajstić information content (AvgIpc) is 2.70. The van der Waals surface area contributed by atoms with E-state index in [2.05, 4.69) is 31.5 Å². The monoisotopic (exact) mass is 391 g/mol. The van der Waals surface area contributed by atoms with E-state index >= 15 is 0 Å². The van der Waals surface area contributed by atoms with Gasteiger partial charge in [0.1, 0.15) is 0 Å². The number of carbonyl (C=O) groups is 2. The molecule has 4 saturated heterocycles. The van der Waals surface area contributed by atoms with E-state index < -0.39 is 0 Å². The Labute approximate surface area is 169 Å². The van der Waals surface area contributed by atoms with Gasteiger partial charge in [-0.25, -0.2) is 0 Å². The molecule has 0 radical (unpaired) electrons. The summed E-state index contributed by atoms with van der Waals surface area (Å²) in [7, 11) is 2.17. The van der Waals surface area contributed by atoms with E-state index in [-0.39, 0.29) is 0 Å². The Morgan fingerprint density at radius 2 is 1.36 bits per heavy atom. The fraction of sp³-hybridized carbons (Fsp3) is 0.905. The maximum Gasteiger partial charge on any atom is 0.237 e. The van der Waals surface area contributed by atoms with Gasteiger partial charge in [0.05, 0.1) is 13.2 Å². The summed E-state index contributed by atoms with van der Waals surface area (Å²) < 4.78 is 0. The van der Waals surface area contributed by atoms with Crippen molar-refractivity contribution in [3.05, 3.63) is 0 Å². The van der Waals surface area contributed by atoms with Gasteiger partial charge in [-0.15, -0.1) is 0 Å². The summed E-state index contributed by atoms with van der Waals surface area (Å²) in [6, 6.07) is 0.885. The molecule has 0 N–H and O–H groups in total. The zero-order chi connectivity index (χ0) is 19.5. The van der Waals surface area contributed by atoms with E-state index in [1.54, 1.807) is 0 Å². The molecule has 0 unspecified atom stereocenters. The molecule has 4 aliphatic heterocycles. The Kier molecular flexibility index (Phi) is 6.53. The van der Waals surface area contributed by atoms with Crippen LogP contribution in [-0.4, -0.2) is 114 Å². The highest BCUT2D eigenvalue weighted by atomic mass is 16.2. The molecule has 28 heavy (non-hydrogen) atoms. The van der Waals surface area contributed by atoms with Crippen molar-refractivity contribution in [2.45, 2.75) is 57.0 Å². The first kappa shape index (κ1) is 20.1. The maximum absolute atomic E-state index is 12.7. The van der Waals surface area contributed by atoms with Crippen molar-refractivity contribution in [3.8, 4) is 0 Å². The Bertz CT molecular complexity index is 555. The number of hydrogen-bond donors (Lipinski definition) is 0. The van der Waals surface area contributed by atoms with Gasteiger partial charge in [-0.3, -0.25) is 19.4 Å². The van der Waals surface area contributed by atoms with Crippen LogP contribution in [0.2, 0.25) is 0 Å². The van der Waals surface area contributed by atoms with Crippen molar-refractivity contribution in [2.75, 3.05) is 66.1 Å². The van der Waals surface area contributed by atoms with Crippen molar-refractivity contribution in [3.63, 3.8) is 0 Å². The molecular formula is C21H37N5O2. The summed E-state index contributed by atoms with van der Waals surface area (Å²) in [6.45, 7) is 8.57. The number of rotatable bonds is 4. The summed E-state index contributed by atoms with van der Waals surface area (Å²) in [6.07, 6.45) is 7.35. The first-order chi connectivity index (χ1) is 13.6. The Balaban J connectivity index is 1.20. The van der Waals surface area contributed by atoms with E-state index in [4.69, 9.17) is 0 Å². The molecule has 7 nitrogen and oxygen atoms in total. The van der Waals surface area contributed by atoms with Crippen molar-refractivity contribution >= 4 is 11.8 Å². The minimum absolute atomic E-state index is 0.314. The second-order valence-corrected chi connectivity index (χ2v) is 9.21. The highest BCUT2D eigenvalue weighted by molar-refractivity contribution is 5.79. The fourth-order valence-electron chi connectivity index (χ4n) is 5.42. The first-order valence-electron chi connectivity index (χ1n) is 11.3. The third-order valence-electron chi connectivity index (χ3n) is 7.22. The van der Waals surface area contributed by atoms with Crippen LogP contribution >= 0.6 is 0 Å². The van der Waals surface area contributed by atoms with Crippen molar-refractivity contribution in [2.24, 2.45) is 0 Å². The third kappa shape index (κ3) is 4.69. The number of piperazine rings is 1. The zero-order valence-corrected chi connectivity index (χ0v) is 17.5. The number of amides is 2. The summed E-state index contributed by atoms with van der Waals surface area (Å²) in [5.41, 5.74) is 0. The maximum atomic E-state index is 12.7. The first-order valence-corrected chi connectivity index (χ1v) is 11.3. The van der Waals surface area contributed by atoms with Crippen LogP contribution in [0.15, 0.2) is 0 Å². The van der Waals surface area contributed by atoms with Crippen molar-refractivity contribution in [1.82, 2.24) is 24.5 Å². The Hall–Kier alpha value is -1.18. The van der Waals surface area contributed by atoms with Gasteiger partial charge >= 0.3 is 0 Å². The molecule has 0 aromatic rings. The molecule has 0 aromatic heterocycles. The minimum Gasteiger partial charge on any atom is -0.340 e. The molecule has 7 heteroatoms. The van der Waals surface area contributed by atoms with E-state index in [0.717, 1.165) is 97.4 Å². The molecule has 0 saturated carbocycles. The smallest absolute Gasteiger partial charge is 0.237 e. The third-order valence-corrected chi connectivity index (χ3v) is 7.22. The summed E-state index contributed by atoms with van der Waals surface area (Å²) in [5, 5.41) is 0. The van der Waals surface area contributed by atoms with Crippen LogP contribution in [0.1, 0.15) is 44.9 Å². The fourth-order valence-corrected chi connectivity index (χ4v) is 5.42. The van der Waals surface area contributed by atoms with Crippen LogP contribution in [0.25, 0.3) is 0 Å². The molecule has 0 aliphatic carbocycles. The molecule has 4 aliphatic rings. The lowest BCUT2D eigenvalue weighted by molar-refractivity contribution is -0.141. The van der Waals surface area contributed by atoms with Crippen LogP contribution in [0.4, 0.5) is 0 Å². The second kappa shape index (κ2) is 9.09. The molecule has 0 atom stereocenters. The van der Waals surface area contributed by atoms with Gasteiger partial charge in [0.15, 0.2) is 0 Å². The second-order valence-electron chi connectivity index (χ2n) is 9.21. The standard InChI is InChI=1S/C21H37N5O2/c1-22-10-5-18(6-11-22)26-15-14-24(16-21(26)28)17-23-12-7-19(8-13-23)25-9-3-2-4-20(25)27/h18-19H,2-17H2,1H3. The summed E-state index contributed by atoms with van der Waals surface area (Å²) >= 11 is 0. The van der Waals surface area contributed by atoms with Gasteiger partial charge in [-0.1, -0.05) is 0 Å². The van der Waals surface area contributed by atoms with E-state index in [9.17, 15) is 9.59 Å². The number of likely N-dealkylation sites (tertiary alicyclic amines) is 3. The van der Waals surface area contributed by atoms with Gasteiger partial charge in [0.2, 0.25) is 11.8 Å². The topological polar surface area (TPSA) is 50.3 Å². The highest BCUT2D eigenvalue weighted by Gasteiger charge is 2.33. The van der Waals surface area contributed by atoms with E-state index in [1.807, 2.05) is 0 Å². The quantitative estimate of drug-likeness (QED) is 0.705. The van der Waals surface area contributed by atoms with E-state index in [1.165, 1.54) is 0 Å². The van der Waals surface area contributed by atoms with Crippen LogP contribution in [0, 0.1) is 0 Å². The molecule has 0 spiro atoms. The number of carbonyl (C=O) groups excluding carboxylic acids is 2. The lowest BCUT2D eigenvalue weighted by Crippen LogP contribution is -2.58. The van der Waals surface area contributed by atoms with Crippen LogP contribution in [0.5, 0.6) is 0 Å². The van der Waals surface area contributed by atoms with Crippen molar-refractivity contribution < 1.29 is 9.59 Å². The molecule has 0 bridgehead atoms. The predicted molar refractivity (Wildman–Crippen MR) is 109 cm³/mol. The van der Waals surface area contributed by atoms with Crippen LogP contribution in [0.3, 0.4) is 0 Å². The molecular weight excluding hydrogens is 354 g/mol. The van der Waals surface area contributed by atoms with E-state index in [0.29, 0.717) is 30.4 Å². The van der Waals surface area contributed by atoms with Crippen LogP contribution in [-0.2, 0) is 9.59 Å². The lowest BCUT2D eigenvalue weighted by atomic mass is 9.99. The summed E-state index contributed by atoms with van der Waals surface area (Å²) in [4.78, 5) is 36.3. The lowest BCUT2D eigenvalue weighted by Gasteiger charge is -2.44. The highest BCUT2D eigenvalue weighted by Crippen LogP contribution is 2.23. The molecule has 4 fully saturated rings. The molecule has 4 heterocycles.